The summed E-state index contributed by atoms with van der Waals surface area (Å²) in [5.74, 6) is 0.946. The van der Waals surface area contributed by atoms with Gasteiger partial charge in [0, 0.05) is 38.4 Å². The summed E-state index contributed by atoms with van der Waals surface area (Å²) >= 11 is 0. The maximum absolute atomic E-state index is 5.65. The minimum absolute atomic E-state index is 0.244. The second kappa shape index (κ2) is 5.23. The van der Waals surface area contributed by atoms with Crippen LogP contribution in [0.15, 0.2) is 12.4 Å². The molecule has 0 bridgehead atoms. The number of aryl methyl sites for hydroxylation is 1. The first-order valence-corrected chi connectivity index (χ1v) is 5.58. The molecule has 0 amide bonds. The molecule has 0 saturated carbocycles. The first kappa shape index (κ1) is 11.3. The number of likely N-dealkylation sites (N-methyl/N-ethyl adjacent to an activating group) is 1. The maximum atomic E-state index is 5.65. The average Bonchev–Trinajstić information content (AvgIpc) is 2.30. The van der Waals surface area contributed by atoms with Gasteiger partial charge in [0.15, 0.2) is 0 Å². The number of aromatic nitrogens is 2. The molecular formula is C11H18N4O. The lowest BCUT2D eigenvalue weighted by atomic mass is 10.3. The predicted molar refractivity (Wildman–Crippen MR) is 62.6 cm³/mol. The van der Waals surface area contributed by atoms with Crippen molar-refractivity contribution in [1.29, 1.82) is 0 Å². The summed E-state index contributed by atoms with van der Waals surface area (Å²) in [6, 6.07) is 1.98. The summed E-state index contributed by atoms with van der Waals surface area (Å²) < 4.78 is 5.65. The Morgan fingerprint density at radius 2 is 2.44 bits per heavy atom. The highest BCUT2D eigenvalue weighted by molar-refractivity contribution is 5.37. The minimum atomic E-state index is 0.244. The number of rotatable bonds is 3. The number of hydrogen-bond acceptors (Lipinski definition) is 5. The molecule has 1 aliphatic heterocycles. The van der Waals surface area contributed by atoms with Crippen molar-refractivity contribution >= 4 is 5.82 Å². The van der Waals surface area contributed by atoms with Gasteiger partial charge in [-0.25, -0.2) is 9.97 Å². The van der Waals surface area contributed by atoms with Gasteiger partial charge in [0.05, 0.1) is 12.7 Å². The molecule has 2 rings (SSSR count). The third-order valence-electron chi connectivity index (χ3n) is 2.66. The van der Waals surface area contributed by atoms with E-state index in [1.807, 2.05) is 20.0 Å². The van der Waals surface area contributed by atoms with E-state index in [0.717, 1.165) is 37.8 Å². The van der Waals surface area contributed by atoms with Crippen molar-refractivity contribution in [1.82, 2.24) is 15.3 Å². The summed E-state index contributed by atoms with van der Waals surface area (Å²) in [5, 5.41) is 3.32. The fourth-order valence-corrected chi connectivity index (χ4v) is 1.79. The fraction of sp³-hybridized carbons (Fsp3) is 0.636. The highest BCUT2D eigenvalue weighted by Gasteiger charge is 2.16. The molecule has 1 aromatic rings. The molecule has 1 unspecified atom stereocenters. The lowest BCUT2D eigenvalue weighted by molar-refractivity contribution is 0.0339. The Kier molecular flexibility index (Phi) is 3.69. The Morgan fingerprint density at radius 3 is 3.12 bits per heavy atom. The van der Waals surface area contributed by atoms with E-state index < -0.39 is 0 Å². The minimum Gasteiger partial charge on any atom is -0.374 e. The van der Waals surface area contributed by atoms with E-state index in [4.69, 9.17) is 4.74 Å². The van der Waals surface area contributed by atoms with Crippen molar-refractivity contribution in [2.45, 2.75) is 13.0 Å². The highest BCUT2D eigenvalue weighted by atomic mass is 16.5. The van der Waals surface area contributed by atoms with Crippen LogP contribution in [-0.2, 0) is 4.74 Å². The van der Waals surface area contributed by atoms with E-state index >= 15 is 0 Å². The Morgan fingerprint density at radius 1 is 1.56 bits per heavy atom. The number of nitrogens with zero attached hydrogens (tertiary/aromatic N) is 3. The van der Waals surface area contributed by atoms with Crippen molar-refractivity contribution in [3.8, 4) is 0 Å². The van der Waals surface area contributed by atoms with Gasteiger partial charge in [-0.15, -0.1) is 0 Å². The molecule has 1 aliphatic rings. The SMILES string of the molecule is Cc1cc(N(C)CC2CNCCO2)ncn1. The van der Waals surface area contributed by atoms with E-state index in [1.165, 1.54) is 0 Å². The summed E-state index contributed by atoms with van der Waals surface area (Å²) in [6.07, 6.45) is 1.84. The van der Waals surface area contributed by atoms with Crippen LogP contribution in [0.2, 0.25) is 0 Å². The van der Waals surface area contributed by atoms with Crippen molar-refractivity contribution in [3.63, 3.8) is 0 Å². The molecule has 1 N–H and O–H groups in total. The lowest BCUT2D eigenvalue weighted by Gasteiger charge is -2.28. The van der Waals surface area contributed by atoms with Crippen molar-refractivity contribution < 1.29 is 4.74 Å². The largest absolute Gasteiger partial charge is 0.374 e. The van der Waals surface area contributed by atoms with Crippen LogP contribution in [0.5, 0.6) is 0 Å². The number of hydrogen-bond donors (Lipinski definition) is 1. The molecule has 5 heteroatoms. The number of anilines is 1. The molecule has 1 aromatic heterocycles. The Bertz CT molecular complexity index is 339. The highest BCUT2D eigenvalue weighted by Crippen LogP contribution is 2.10. The molecule has 1 saturated heterocycles. The van der Waals surface area contributed by atoms with Crippen LogP contribution in [0.3, 0.4) is 0 Å². The Balaban J connectivity index is 1.94. The molecule has 2 heterocycles. The van der Waals surface area contributed by atoms with Crippen LogP contribution in [0.25, 0.3) is 0 Å². The summed E-state index contributed by atoms with van der Waals surface area (Å²) in [6.45, 7) is 5.48. The molecule has 0 aliphatic carbocycles. The standard InChI is InChI=1S/C11H18N4O/c1-9-5-11(14-8-13-9)15(2)7-10-6-12-3-4-16-10/h5,8,10,12H,3-4,6-7H2,1-2H3. The molecule has 16 heavy (non-hydrogen) atoms. The first-order chi connectivity index (χ1) is 7.75. The zero-order valence-electron chi connectivity index (χ0n) is 9.81. The smallest absolute Gasteiger partial charge is 0.132 e. The van der Waals surface area contributed by atoms with E-state index in [-0.39, 0.29) is 6.10 Å². The van der Waals surface area contributed by atoms with Crippen LogP contribution in [0.1, 0.15) is 5.69 Å². The topological polar surface area (TPSA) is 50.3 Å². The van der Waals surface area contributed by atoms with Crippen LogP contribution >= 0.6 is 0 Å². The van der Waals surface area contributed by atoms with Crippen LogP contribution in [0.4, 0.5) is 5.82 Å². The molecular weight excluding hydrogens is 204 g/mol. The molecule has 0 spiro atoms. The number of nitrogens with one attached hydrogen (secondary N) is 1. The molecule has 0 radical (unpaired) electrons. The summed E-state index contributed by atoms with van der Waals surface area (Å²) in [5.41, 5.74) is 0.986. The second-order valence-electron chi connectivity index (χ2n) is 4.10. The van der Waals surface area contributed by atoms with Gasteiger partial charge in [-0.2, -0.15) is 0 Å². The third-order valence-corrected chi connectivity index (χ3v) is 2.66. The van der Waals surface area contributed by atoms with Crippen molar-refractivity contribution in [2.75, 3.05) is 38.2 Å². The average molecular weight is 222 g/mol. The maximum Gasteiger partial charge on any atom is 0.132 e. The van der Waals surface area contributed by atoms with Gasteiger partial charge >= 0.3 is 0 Å². The normalized spacial score (nSPS) is 20.8. The Hall–Kier alpha value is -1.20. The van der Waals surface area contributed by atoms with Crippen molar-refractivity contribution in [3.05, 3.63) is 18.1 Å². The number of ether oxygens (including phenoxy) is 1. The van der Waals surface area contributed by atoms with Gasteiger partial charge in [-0.1, -0.05) is 0 Å². The van der Waals surface area contributed by atoms with E-state index in [2.05, 4.69) is 20.2 Å². The van der Waals surface area contributed by atoms with Gasteiger partial charge in [0.2, 0.25) is 0 Å². The quantitative estimate of drug-likeness (QED) is 0.792. The van der Waals surface area contributed by atoms with Gasteiger partial charge < -0.3 is 15.0 Å². The zero-order chi connectivity index (χ0) is 11.4. The van der Waals surface area contributed by atoms with Gasteiger partial charge in [-0.05, 0) is 6.92 Å². The van der Waals surface area contributed by atoms with Crippen LogP contribution < -0.4 is 10.2 Å². The third kappa shape index (κ3) is 2.90. The van der Waals surface area contributed by atoms with Gasteiger partial charge in [0.25, 0.3) is 0 Å². The lowest BCUT2D eigenvalue weighted by Crippen LogP contribution is -2.44. The zero-order valence-corrected chi connectivity index (χ0v) is 9.81. The molecule has 5 nitrogen and oxygen atoms in total. The van der Waals surface area contributed by atoms with Gasteiger partial charge in [-0.3, -0.25) is 0 Å². The monoisotopic (exact) mass is 222 g/mol. The summed E-state index contributed by atoms with van der Waals surface area (Å²) in [4.78, 5) is 10.4. The predicted octanol–water partition coefficient (Wildman–Crippen LogP) is 0.210. The van der Waals surface area contributed by atoms with Gasteiger partial charge in [0.1, 0.15) is 12.1 Å². The van der Waals surface area contributed by atoms with Crippen molar-refractivity contribution in [2.24, 2.45) is 0 Å². The Labute approximate surface area is 95.8 Å². The molecule has 1 fully saturated rings. The first-order valence-electron chi connectivity index (χ1n) is 5.58. The number of morpholine rings is 1. The molecule has 88 valence electrons. The fourth-order valence-electron chi connectivity index (χ4n) is 1.79. The molecule has 0 aromatic carbocycles. The van der Waals surface area contributed by atoms with E-state index in [9.17, 15) is 0 Å². The second-order valence-corrected chi connectivity index (χ2v) is 4.10. The summed E-state index contributed by atoms with van der Waals surface area (Å²) in [7, 11) is 2.03. The van der Waals surface area contributed by atoms with Crippen LogP contribution in [0, 0.1) is 6.92 Å². The van der Waals surface area contributed by atoms with E-state index in [1.54, 1.807) is 6.33 Å². The van der Waals surface area contributed by atoms with E-state index in [0.29, 0.717) is 0 Å². The van der Waals surface area contributed by atoms with Crippen LogP contribution in [-0.4, -0.2) is 49.4 Å². The molecule has 1 atom stereocenters.